The molecular weight excluding hydrogens is 194 g/mol. The zero-order valence-electron chi connectivity index (χ0n) is 9.19. The number of hydrogen-bond donors (Lipinski definition) is 1. The van der Waals surface area contributed by atoms with Gasteiger partial charge in [-0.25, -0.2) is 0 Å². The monoisotopic (exact) mass is 209 g/mol. The summed E-state index contributed by atoms with van der Waals surface area (Å²) in [6, 6.07) is 0. The van der Waals surface area contributed by atoms with E-state index >= 15 is 0 Å². The van der Waals surface area contributed by atoms with Crippen molar-refractivity contribution in [3.8, 4) is 0 Å². The lowest BCUT2D eigenvalue weighted by molar-refractivity contribution is -0.123. The van der Waals surface area contributed by atoms with Crippen LogP contribution in [0.3, 0.4) is 0 Å². The van der Waals surface area contributed by atoms with E-state index in [0.717, 1.165) is 0 Å². The molecule has 1 heterocycles. The van der Waals surface area contributed by atoms with Gasteiger partial charge < -0.3 is 0 Å². The largest absolute Gasteiger partial charge is 0.291 e. The molecule has 0 aliphatic carbocycles. The summed E-state index contributed by atoms with van der Waals surface area (Å²) < 4.78 is 0. The van der Waals surface area contributed by atoms with Gasteiger partial charge in [0.2, 0.25) is 5.91 Å². The molecule has 15 heavy (non-hydrogen) atoms. The van der Waals surface area contributed by atoms with Crippen LogP contribution in [0, 0.1) is 5.41 Å². The van der Waals surface area contributed by atoms with E-state index in [9.17, 15) is 4.79 Å². The summed E-state index contributed by atoms with van der Waals surface area (Å²) in [4.78, 5) is 12.9. The van der Waals surface area contributed by atoms with Gasteiger partial charge in [0.05, 0.1) is 6.54 Å². The van der Waals surface area contributed by atoms with Crippen molar-refractivity contribution < 1.29 is 4.79 Å². The Hall–Kier alpha value is -1.72. The quantitative estimate of drug-likeness (QED) is 0.749. The first-order valence-corrected chi connectivity index (χ1v) is 4.63. The van der Waals surface area contributed by atoms with Crippen molar-refractivity contribution in [1.29, 1.82) is 0 Å². The first-order valence-electron chi connectivity index (χ1n) is 4.63. The molecule has 0 bridgehead atoms. The zero-order chi connectivity index (χ0) is 11.5. The first kappa shape index (κ1) is 11.4. The molecule has 0 saturated carbocycles. The average molecular weight is 209 g/mol. The third-order valence-corrected chi connectivity index (χ3v) is 1.65. The Balaban J connectivity index is 2.65. The molecular formula is C9H15N5O. The number of amides is 1. The molecule has 0 radical (unpaired) electrons. The Morgan fingerprint density at radius 1 is 1.60 bits per heavy atom. The molecule has 1 N–H and O–H groups in total. The van der Waals surface area contributed by atoms with Crippen LogP contribution in [0.4, 0.5) is 5.95 Å². The second kappa shape index (κ2) is 4.20. The number of carbonyl (C=O) groups is 1. The topological polar surface area (TPSA) is 72.7 Å². The molecule has 1 rings (SSSR count). The SMILES string of the molecule is C=CCn1nnc(NC(=O)C(C)(C)C)n1. The predicted molar refractivity (Wildman–Crippen MR) is 56.1 cm³/mol. The summed E-state index contributed by atoms with van der Waals surface area (Å²) in [5, 5.41) is 13.9. The number of hydrogen-bond acceptors (Lipinski definition) is 4. The van der Waals surface area contributed by atoms with Crippen LogP contribution in [0.1, 0.15) is 20.8 Å². The van der Waals surface area contributed by atoms with E-state index in [0.29, 0.717) is 6.54 Å². The van der Waals surface area contributed by atoms with Crippen LogP contribution in [0.25, 0.3) is 0 Å². The maximum absolute atomic E-state index is 11.6. The first-order chi connectivity index (χ1) is 6.93. The third-order valence-electron chi connectivity index (χ3n) is 1.65. The van der Waals surface area contributed by atoms with Crippen molar-refractivity contribution in [2.75, 3.05) is 5.32 Å². The van der Waals surface area contributed by atoms with Gasteiger partial charge in [-0.15, -0.1) is 11.7 Å². The second-order valence-electron chi connectivity index (χ2n) is 4.16. The molecule has 1 aromatic rings. The summed E-state index contributed by atoms with van der Waals surface area (Å²) in [6.07, 6.45) is 1.65. The second-order valence-corrected chi connectivity index (χ2v) is 4.16. The summed E-state index contributed by atoms with van der Waals surface area (Å²) in [7, 11) is 0. The lowest BCUT2D eigenvalue weighted by Crippen LogP contribution is -2.28. The summed E-state index contributed by atoms with van der Waals surface area (Å²) in [5.74, 6) is 0.0810. The fourth-order valence-corrected chi connectivity index (χ4v) is 0.775. The van der Waals surface area contributed by atoms with Crippen molar-refractivity contribution in [2.45, 2.75) is 27.3 Å². The summed E-state index contributed by atoms with van der Waals surface area (Å²) in [5.41, 5.74) is -0.468. The van der Waals surface area contributed by atoms with E-state index in [1.54, 1.807) is 6.08 Å². The number of carbonyl (C=O) groups excluding carboxylic acids is 1. The smallest absolute Gasteiger partial charge is 0.270 e. The summed E-state index contributed by atoms with van der Waals surface area (Å²) in [6.45, 7) is 9.47. The van der Waals surface area contributed by atoms with E-state index in [1.165, 1.54) is 4.80 Å². The molecule has 6 heteroatoms. The molecule has 6 nitrogen and oxygen atoms in total. The molecule has 82 valence electrons. The van der Waals surface area contributed by atoms with Crippen molar-refractivity contribution in [3.63, 3.8) is 0 Å². The number of aromatic nitrogens is 4. The Kier molecular flexibility index (Phi) is 3.18. The summed E-state index contributed by atoms with van der Waals surface area (Å²) >= 11 is 0. The molecule has 0 saturated heterocycles. The van der Waals surface area contributed by atoms with Crippen LogP contribution in [0.2, 0.25) is 0 Å². The molecule has 1 aromatic heterocycles. The van der Waals surface area contributed by atoms with Crippen molar-refractivity contribution >= 4 is 11.9 Å². The van der Waals surface area contributed by atoms with Crippen molar-refractivity contribution in [1.82, 2.24) is 20.2 Å². The fraction of sp³-hybridized carbons (Fsp3) is 0.556. The number of anilines is 1. The van der Waals surface area contributed by atoms with Gasteiger partial charge in [0.1, 0.15) is 0 Å². The van der Waals surface area contributed by atoms with Gasteiger partial charge in [-0.2, -0.15) is 4.80 Å². The lowest BCUT2D eigenvalue weighted by Gasteiger charge is -2.15. The maximum atomic E-state index is 11.6. The lowest BCUT2D eigenvalue weighted by atomic mass is 9.96. The third kappa shape index (κ3) is 3.16. The number of rotatable bonds is 3. The van der Waals surface area contributed by atoms with Crippen LogP contribution in [0.5, 0.6) is 0 Å². The Bertz CT molecular complexity index is 363. The Morgan fingerprint density at radius 2 is 2.27 bits per heavy atom. The van der Waals surface area contributed by atoms with Crippen LogP contribution >= 0.6 is 0 Å². The minimum absolute atomic E-state index is 0.138. The van der Waals surface area contributed by atoms with E-state index in [4.69, 9.17) is 0 Å². The van der Waals surface area contributed by atoms with Gasteiger partial charge in [0.25, 0.3) is 5.95 Å². The minimum atomic E-state index is -0.468. The molecule has 0 unspecified atom stereocenters. The van der Waals surface area contributed by atoms with Crippen LogP contribution in [-0.4, -0.2) is 26.1 Å². The van der Waals surface area contributed by atoms with Gasteiger partial charge in [-0.1, -0.05) is 31.9 Å². The molecule has 0 spiro atoms. The number of nitrogens with zero attached hydrogens (tertiary/aromatic N) is 4. The van der Waals surface area contributed by atoms with Crippen LogP contribution in [-0.2, 0) is 11.3 Å². The highest BCUT2D eigenvalue weighted by atomic mass is 16.2. The average Bonchev–Trinajstić information content (AvgIpc) is 2.51. The molecule has 0 fully saturated rings. The van der Waals surface area contributed by atoms with Crippen molar-refractivity contribution in [2.24, 2.45) is 5.41 Å². The molecule has 0 atom stereocenters. The Labute approximate surface area is 88.4 Å². The molecule has 0 aromatic carbocycles. The van der Waals surface area contributed by atoms with Gasteiger partial charge >= 0.3 is 0 Å². The fourth-order valence-electron chi connectivity index (χ4n) is 0.775. The van der Waals surface area contributed by atoms with Gasteiger partial charge in [-0.05, 0) is 5.21 Å². The van der Waals surface area contributed by atoms with Gasteiger partial charge in [0, 0.05) is 5.41 Å². The van der Waals surface area contributed by atoms with Gasteiger partial charge in [0.15, 0.2) is 0 Å². The maximum Gasteiger partial charge on any atom is 0.270 e. The Morgan fingerprint density at radius 3 is 2.80 bits per heavy atom. The van der Waals surface area contributed by atoms with E-state index < -0.39 is 5.41 Å². The highest BCUT2D eigenvalue weighted by Crippen LogP contribution is 2.14. The van der Waals surface area contributed by atoms with Gasteiger partial charge in [-0.3, -0.25) is 10.1 Å². The molecule has 0 aliphatic rings. The normalized spacial score (nSPS) is 11.1. The highest BCUT2D eigenvalue weighted by molar-refractivity contribution is 5.92. The highest BCUT2D eigenvalue weighted by Gasteiger charge is 2.22. The van der Waals surface area contributed by atoms with Crippen LogP contribution in [0.15, 0.2) is 12.7 Å². The van der Waals surface area contributed by atoms with Crippen molar-refractivity contribution in [3.05, 3.63) is 12.7 Å². The number of nitrogens with one attached hydrogen (secondary N) is 1. The predicted octanol–water partition coefficient (Wildman–Crippen LogP) is 0.844. The molecule has 0 aliphatic heterocycles. The van der Waals surface area contributed by atoms with E-state index in [1.807, 2.05) is 20.8 Å². The molecule has 1 amide bonds. The van der Waals surface area contributed by atoms with E-state index in [-0.39, 0.29) is 11.9 Å². The minimum Gasteiger partial charge on any atom is -0.291 e. The number of allylic oxidation sites excluding steroid dienone is 1. The van der Waals surface area contributed by atoms with E-state index in [2.05, 4.69) is 27.3 Å². The number of tetrazole rings is 1. The van der Waals surface area contributed by atoms with Crippen LogP contribution < -0.4 is 5.32 Å². The standard InChI is InChI=1S/C9H15N5O/c1-5-6-14-12-8(11-13-14)10-7(15)9(2,3)4/h5H,1,6H2,2-4H3,(H,10,12,15). The zero-order valence-corrected chi connectivity index (χ0v) is 9.19.